The summed E-state index contributed by atoms with van der Waals surface area (Å²) in [5, 5.41) is 6.73. The number of imide groups is 1. The van der Waals surface area contributed by atoms with Gasteiger partial charge in [-0.1, -0.05) is 0 Å². The van der Waals surface area contributed by atoms with Crippen molar-refractivity contribution in [2.45, 2.75) is 12.1 Å². The molecule has 1 aromatic heterocycles. The molecular weight excluding hydrogens is 358 g/mol. The minimum Gasteiger partial charge on any atom is -0.375 e. The van der Waals surface area contributed by atoms with Crippen molar-refractivity contribution in [3.8, 4) is 0 Å². The van der Waals surface area contributed by atoms with Gasteiger partial charge in [-0.3, -0.25) is 19.4 Å². The molecule has 26 heavy (non-hydrogen) atoms. The summed E-state index contributed by atoms with van der Waals surface area (Å²) >= 11 is 1.56. The molecule has 1 saturated heterocycles. The zero-order chi connectivity index (χ0) is 18.8. The Kier molecular flexibility index (Phi) is 5.14. The highest BCUT2D eigenvalue weighted by Gasteiger charge is 2.50. The molecule has 1 fully saturated rings. The number of thiophene rings is 1. The van der Waals surface area contributed by atoms with Crippen LogP contribution in [0.1, 0.15) is 11.7 Å². The Labute approximate surface area is 154 Å². The Balaban J connectivity index is 1.60. The molecule has 3 rings (SSSR count). The lowest BCUT2D eigenvalue weighted by Gasteiger charge is -2.30. The Hall–Kier alpha value is -2.59. The van der Waals surface area contributed by atoms with Crippen LogP contribution in [-0.4, -0.2) is 84.7 Å². The minimum atomic E-state index is -0.761. The molecule has 0 spiro atoms. The maximum atomic E-state index is 12.4. The summed E-state index contributed by atoms with van der Waals surface area (Å²) < 4.78 is 6.93. The predicted octanol–water partition coefficient (Wildman–Crippen LogP) is -0.103. The van der Waals surface area contributed by atoms with Crippen LogP contribution in [0.5, 0.6) is 0 Å². The normalized spacial score (nSPS) is 20.7. The summed E-state index contributed by atoms with van der Waals surface area (Å²) in [6.07, 6.45) is 1.19. The Morgan fingerprint density at radius 3 is 2.85 bits per heavy atom. The molecule has 3 heterocycles. The van der Waals surface area contributed by atoms with E-state index in [4.69, 9.17) is 4.74 Å². The standard InChI is InChI=1S/C16H19N5O4S/c1-19-14-13(15(23)20(2)16(19)24)21(9-18-14)7-12(22)17-6-11(25-3)10-4-5-26-8-10/h4-5,8-9,11,13H,6-7H2,1-3H3/p+1. The summed E-state index contributed by atoms with van der Waals surface area (Å²) in [5.41, 5.74) is 1.00. The van der Waals surface area contributed by atoms with Crippen molar-refractivity contribution in [2.24, 2.45) is 4.99 Å². The first-order chi connectivity index (χ1) is 12.4. The molecular formula is C16H20N5O4S+. The SMILES string of the molecule is COC(CNC(=O)C[N+]1=CN=C2C1C(=O)N(C)C(=O)N2C)c1ccsc1. The average Bonchev–Trinajstić information content (AvgIpc) is 3.29. The Bertz CT molecular complexity index is 789. The number of nitrogens with one attached hydrogen (secondary N) is 1. The van der Waals surface area contributed by atoms with Crippen LogP contribution in [0.25, 0.3) is 0 Å². The number of rotatable bonds is 6. The van der Waals surface area contributed by atoms with Crippen LogP contribution in [0.4, 0.5) is 4.79 Å². The first-order valence-corrected chi connectivity index (χ1v) is 8.92. The van der Waals surface area contributed by atoms with Crippen LogP contribution in [-0.2, 0) is 14.3 Å². The summed E-state index contributed by atoms with van der Waals surface area (Å²) in [7, 11) is 4.56. The van der Waals surface area contributed by atoms with Gasteiger partial charge in [0.1, 0.15) is 6.10 Å². The van der Waals surface area contributed by atoms with Crippen LogP contribution in [0.15, 0.2) is 21.8 Å². The van der Waals surface area contributed by atoms with Gasteiger partial charge in [-0.15, -0.1) is 0 Å². The molecule has 0 aliphatic carbocycles. The molecule has 2 aliphatic heterocycles. The van der Waals surface area contributed by atoms with E-state index in [1.165, 1.54) is 22.9 Å². The fourth-order valence-corrected chi connectivity index (χ4v) is 3.60. The molecule has 4 amide bonds. The second-order valence-electron chi connectivity index (χ2n) is 6.00. The number of carbonyl (C=O) groups is 3. The summed E-state index contributed by atoms with van der Waals surface area (Å²) in [5.74, 6) is -0.328. The maximum Gasteiger partial charge on any atom is 0.333 e. The van der Waals surface area contributed by atoms with Crippen molar-refractivity contribution in [3.63, 3.8) is 0 Å². The van der Waals surface area contributed by atoms with Crippen LogP contribution in [0, 0.1) is 0 Å². The topological polar surface area (TPSA) is 94.3 Å². The molecule has 0 saturated carbocycles. The molecule has 2 aliphatic rings. The molecule has 1 aromatic rings. The number of amides is 4. The fourth-order valence-electron chi connectivity index (χ4n) is 2.90. The average molecular weight is 378 g/mol. The first kappa shape index (κ1) is 18.2. The molecule has 2 atom stereocenters. The number of amidine groups is 1. The number of fused-ring (bicyclic) bond motifs is 1. The van der Waals surface area contributed by atoms with Gasteiger partial charge in [0.05, 0.1) is 0 Å². The third-order valence-electron chi connectivity index (χ3n) is 4.41. The van der Waals surface area contributed by atoms with Gasteiger partial charge >= 0.3 is 6.03 Å². The van der Waals surface area contributed by atoms with Gasteiger partial charge < -0.3 is 10.1 Å². The van der Waals surface area contributed by atoms with Gasteiger partial charge in [-0.2, -0.15) is 11.3 Å². The van der Waals surface area contributed by atoms with Gasteiger partial charge in [0.15, 0.2) is 6.54 Å². The maximum absolute atomic E-state index is 12.4. The van der Waals surface area contributed by atoms with Crippen LogP contribution in [0.3, 0.4) is 0 Å². The number of methoxy groups -OCH3 is 1. The highest BCUT2D eigenvalue weighted by Crippen LogP contribution is 2.19. The van der Waals surface area contributed by atoms with Crippen molar-refractivity contribution in [2.75, 3.05) is 34.3 Å². The third kappa shape index (κ3) is 3.25. The number of ether oxygens (including phenoxy) is 1. The van der Waals surface area contributed by atoms with E-state index in [-0.39, 0.29) is 18.6 Å². The molecule has 9 nitrogen and oxygen atoms in total. The lowest BCUT2D eigenvalue weighted by Crippen LogP contribution is -2.62. The zero-order valence-corrected chi connectivity index (χ0v) is 15.5. The van der Waals surface area contributed by atoms with Crippen molar-refractivity contribution in [3.05, 3.63) is 22.4 Å². The second kappa shape index (κ2) is 7.34. The number of carbonyl (C=O) groups excluding carboxylic acids is 3. The van der Waals surface area contributed by atoms with Crippen LogP contribution in [0.2, 0.25) is 0 Å². The van der Waals surface area contributed by atoms with Crippen LogP contribution < -0.4 is 5.32 Å². The van der Waals surface area contributed by atoms with Gasteiger partial charge in [0.25, 0.3) is 30.0 Å². The van der Waals surface area contributed by atoms with E-state index in [0.29, 0.717) is 12.4 Å². The first-order valence-electron chi connectivity index (χ1n) is 7.97. The number of likely N-dealkylation sites (N-methyl/N-ethyl adjacent to an activating group) is 2. The van der Waals surface area contributed by atoms with E-state index in [1.54, 1.807) is 25.5 Å². The fraction of sp³-hybridized carbons (Fsp3) is 0.438. The lowest BCUT2D eigenvalue weighted by atomic mass is 10.1. The monoisotopic (exact) mass is 378 g/mol. The van der Waals surface area contributed by atoms with E-state index < -0.39 is 18.0 Å². The van der Waals surface area contributed by atoms with Gasteiger partial charge in [-0.05, 0) is 27.4 Å². The molecule has 138 valence electrons. The quantitative estimate of drug-likeness (QED) is 0.700. The van der Waals surface area contributed by atoms with Gasteiger partial charge in [0.2, 0.25) is 0 Å². The lowest BCUT2D eigenvalue weighted by molar-refractivity contribution is -0.519. The number of urea groups is 1. The van der Waals surface area contributed by atoms with Gasteiger partial charge in [-0.25, -0.2) is 9.37 Å². The van der Waals surface area contributed by atoms with Crippen LogP contribution >= 0.6 is 11.3 Å². The summed E-state index contributed by atoms with van der Waals surface area (Å²) in [4.78, 5) is 43.2. The largest absolute Gasteiger partial charge is 0.375 e. The molecule has 0 radical (unpaired) electrons. The van der Waals surface area contributed by atoms with E-state index in [2.05, 4.69) is 10.3 Å². The van der Waals surface area contributed by atoms with Crippen molar-refractivity contribution in [1.82, 2.24) is 15.1 Å². The smallest absolute Gasteiger partial charge is 0.333 e. The number of aliphatic imine (C=N–C) groups is 1. The zero-order valence-electron chi connectivity index (χ0n) is 14.7. The second-order valence-corrected chi connectivity index (χ2v) is 6.78. The summed E-state index contributed by atoms with van der Waals surface area (Å²) in [6, 6.07) is 0.745. The molecule has 0 bridgehead atoms. The number of hydrogen-bond donors (Lipinski definition) is 1. The number of hydrogen-bond acceptors (Lipinski definition) is 6. The van der Waals surface area contributed by atoms with E-state index in [0.717, 1.165) is 10.5 Å². The molecule has 1 N–H and O–H groups in total. The highest BCUT2D eigenvalue weighted by molar-refractivity contribution is 7.07. The van der Waals surface area contributed by atoms with E-state index >= 15 is 0 Å². The Morgan fingerprint density at radius 2 is 2.19 bits per heavy atom. The van der Waals surface area contributed by atoms with E-state index in [1.807, 2.05) is 16.8 Å². The molecule has 2 unspecified atom stereocenters. The predicted molar refractivity (Wildman–Crippen MR) is 95.4 cm³/mol. The van der Waals surface area contributed by atoms with Crippen molar-refractivity contribution >= 4 is 41.4 Å². The highest BCUT2D eigenvalue weighted by atomic mass is 32.1. The summed E-state index contributed by atoms with van der Waals surface area (Å²) in [6.45, 7) is 0.282. The van der Waals surface area contributed by atoms with E-state index in [9.17, 15) is 14.4 Å². The third-order valence-corrected chi connectivity index (χ3v) is 5.11. The minimum absolute atomic E-state index is 0.0423. The number of nitrogens with zero attached hydrogens (tertiary/aromatic N) is 4. The van der Waals surface area contributed by atoms with Gasteiger partial charge in [0, 0.05) is 27.7 Å². The molecule has 10 heteroatoms. The van der Waals surface area contributed by atoms with Crippen molar-refractivity contribution in [1.29, 1.82) is 0 Å². The Morgan fingerprint density at radius 1 is 1.42 bits per heavy atom. The van der Waals surface area contributed by atoms with Crippen molar-refractivity contribution < 1.29 is 23.7 Å². The molecule has 0 aromatic carbocycles.